The molecular weight excluding hydrogens is 242 g/mol. The fourth-order valence-electron chi connectivity index (χ4n) is 2.09. The normalized spacial score (nSPS) is 13.6. The summed E-state index contributed by atoms with van der Waals surface area (Å²) < 4.78 is 5.63. The number of benzene rings is 1. The van der Waals surface area contributed by atoms with Crippen LogP contribution in [-0.4, -0.2) is 18.3 Å². The van der Waals surface area contributed by atoms with Crippen LogP contribution >= 0.6 is 0 Å². The molecule has 0 fully saturated rings. The van der Waals surface area contributed by atoms with Gasteiger partial charge in [0.25, 0.3) is 0 Å². The zero-order valence-electron chi connectivity index (χ0n) is 11.2. The molecule has 0 saturated heterocycles. The average Bonchev–Trinajstić information content (AvgIpc) is 2.43. The van der Waals surface area contributed by atoms with Gasteiger partial charge in [0.05, 0.1) is 6.61 Å². The molecule has 1 aliphatic heterocycles. The van der Waals surface area contributed by atoms with Gasteiger partial charge < -0.3 is 10.1 Å². The molecule has 4 nitrogen and oxygen atoms in total. The Morgan fingerprint density at radius 1 is 1.37 bits per heavy atom. The Labute approximate surface area is 113 Å². The number of fused-ring (bicyclic) bond motifs is 1. The Morgan fingerprint density at radius 3 is 3.00 bits per heavy atom. The SMILES string of the molecule is CCC(=O)CCCOc1ccc2c(c1)CCC(=O)N2. The van der Waals surface area contributed by atoms with Crippen LogP contribution in [0.4, 0.5) is 5.69 Å². The number of anilines is 1. The lowest BCUT2D eigenvalue weighted by Gasteiger charge is -2.17. The number of hydrogen-bond acceptors (Lipinski definition) is 3. The van der Waals surface area contributed by atoms with Gasteiger partial charge in [-0.05, 0) is 36.6 Å². The highest BCUT2D eigenvalue weighted by Crippen LogP contribution is 2.26. The highest BCUT2D eigenvalue weighted by Gasteiger charge is 2.14. The van der Waals surface area contributed by atoms with Crippen molar-refractivity contribution in [3.8, 4) is 5.75 Å². The standard InChI is InChI=1S/C15H19NO3/c1-2-12(17)4-3-9-19-13-6-7-14-11(10-13)5-8-15(18)16-14/h6-7,10H,2-5,8-9H2,1H3,(H,16,18). The molecule has 1 aromatic rings. The number of amides is 1. The van der Waals surface area contributed by atoms with Crippen LogP contribution in [0, 0.1) is 0 Å². The van der Waals surface area contributed by atoms with Crippen molar-refractivity contribution in [2.75, 3.05) is 11.9 Å². The van der Waals surface area contributed by atoms with Crippen molar-refractivity contribution in [3.05, 3.63) is 23.8 Å². The summed E-state index contributed by atoms with van der Waals surface area (Å²) in [6.45, 7) is 2.43. The summed E-state index contributed by atoms with van der Waals surface area (Å²) in [7, 11) is 0. The number of Topliss-reactive ketones (excluding diaryl/α,β-unsaturated/α-hetero) is 1. The molecule has 1 amide bonds. The van der Waals surface area contributed by atoms with E-state index in [0.717, 1.165) is 29.8 Å². The quantitative estimate of drug-likeness (QED) is 0.801. The maximum Gasteiger partial charge on any atom is 0.224 e. The second-order valence-electron chi connectivity index (χ2n) is 4.71. The molecule has 0 saturated carbocycles. The Bertz CT molecular complexity index is 482. The number of aryl methyl sites for hydroxylation is 1. The van der Waals surface area contributed by atoms with Crippen LogP contribution in [0.25, 0.3) is 0 Å². The second-order valence-corrected chi connectivity index (χ2v) is 4.71. The first-order valence-electron chi connectivity index (χ1n) is 6.76. The molecule has 0 atom stereocenters. The first-order valence-corrected chi connectivity index (χ1v) is 6.76. The van der Waals surface area contributed by atoms with Gasteiger partial charge in [0.15, 0.2) is 0 Å². The third-order valence-electron chi connectivity index (χ3n) is 3.24. The molecule has 19 heavy (non-hydrogen) atoms. The Morgan fingerprint density at radius 2 is 2.21 bits per heavy atom. The van der Waals surface area contributed by atoms with Gasteiger partial charge >= 0.3 is 0 Å². The number of hydrogen-bond donors (Lipinski definition) is 1. The van der Waals surface area contributed by atoms with Crippen molar-refractivity contribution >= 4 is 17.4 Å². The lowest BCUT2D eigenvalue weighted by molar-refractivity contribution is -0.119. The van der Waals surface area contributed by atoms with Gasteiger partial charge in [-0.15, -0.1) is 0 Å². The van der Waals surface area contributed by atoms with Gasteiger partial charge in [0, 0.05) is 24.9 Å². The van der Waals surface area contributed by atoms with E-state index in [1.54, 1.807) is 0 Å². The molecule has 1 aliphatic rings. The third-order valence-corrected chi connectivity index (χ3v) is 3.24. The topological polar surface area (TPSA) is 55.4 Å². The van der Waals surface area contributed by atoms with E-state index in [1.807, 2.05) is 25.1 Å². The van der Waals surface area contributed by atoms with E-state index in [4.69, 9.17) is 4.74 Å². The molecule has 102 valence electrons. The molecule has 1 aromatic carbocycles. The fourth-order valence-corrected chi connectivity index (χ4v) is 2.09. The van der Waals surface area contributed by atoms with Crippen LogP contribution < -0.4 is 10.1 Å². The second kappa shape index (κ2) is 6.36. The predicted octanol–water partition coefficient (Wildman–Crippen LogP) is 2.71. The molecule has 0 aliphatic carbocycles. The van der Waals surface area contributed by atoms with Crippen LogP contribution in [0.5, 0.6) is 5.75 Å². The largest absolute Gasteiger partial charge is 0.494 e. The van der Waals surface area contributed by atoms with Gasteiger partial charge in [-0.2, -0.15) is 0 Å². The minimum atomic E-state index is 0.0687. The summed E-state index contributed by atoms with van der Waals surface area (Å²) in [4.78, 5) is 22.4. The molecule has 0 bridgehead atoms. The van der Waals surface area contributed by atoms with E-state index < -0.39 is 0 Å². The van der Waals surface area contributed by atoms with Crippen LogP contribution in [0.3, 0.4) is 0 Å². The van der Waals surface area contributed by atoms with Gasteiger partial charge in [-0.25, -0.2) is 0 Å². The predicted molar refractivity (Wildman–Crippen MR) is 73.4 cm³/mol. The number of carbonyl (C=O) groups excluding carboxylic acids is 2. The van der Waals surface area contributed by atoms with E-state index in [2.05, 4.69) is 5.32 Å². The molecule has 0 spiro atoms. The minimum Gasteiger partial charge on any atom is -0.494 e. The third kappa shape index (κ3) is 3.81. The van der Waals surface area contributed by atoms with Crippen LogP contribution in [0.1, 0.15) is 38.2 Å². The zero-order chi connectivity index (χ0) is 13.7. The highest BCUT2D eigenvalue weighted by atomic mass is 16.5. The van der Waals surface area contributed by atoms with Crippen molar-refractivity contribution in [1.82, 2.24) is 0 Å². The summed E-state index contributed by atoms with van der Waals surface area (Å²) in [5.74, 6) is 1.15. The maximum absolute atomic E-state index is 11.2. The summed E-state index contributed by atoms with van der Waals surface area (Å²) in [6.07, 6.45) is 3.21. The first kappa shape index (κ1) is 13.6. The first-order chi connectivity index (χ1) is 9.19. The number of carbonyl (C=O) groups is 2. The molecule has 0 aromatic heterocycles. The average molecular weight is 261 g/mol. The number of rotatable bonds is 6. The van der Waals surface area contributed by atoms with Crippen molar-refractivity contribution in [2.45, 2.75) is 39.0 Å². The summed E-state index contributed by atoms with van der Waals surface area (Å²) in [5, 5.41) is 2.84. The fraction of sp³-hybridized carbons (Fsp3) is 0.467. The molecule has 1 heterocycles. The number of ether oxygens (including phenoxy) is 1. The van der Waals surface area contributed by atoms with Crippen molar-refractivity contribution in [1.29, 1.82) is 0 Å². The van der Waals surface area contributed by atoms with Gasteiger partial charge in [0.2, 0.25) is 5.91 Å². The van der Waals surface area contributed by atoms with Crippen LogP contribution in [-0.2, 0) is 16.0 Å². The Kier molecular flexibility index (Phi) is 4.55. The van der Waals surface area contributed by atoms with Gasteiger partial charge in [-0.3, -0.25) is 9.59 Å². The summed E-state index contributed by atoms with van der Waals surface area (Å²) >= 11 is 0. The maximum atomic E-state index is 11.2. The van der Waals surface area contributed by atoms with E-state index in [1.165, 1.54) is 0 Å². The van der Waals surface area contributed by atoms with Crippen LogP contribution in [0.15, 0.2) is 18.2 Å². The van der Waals surface area contributed by atoms with E-state index in [9.17, 15) is 9.59 Å². The Hall–Kier alpha value is -1.84. The van der Waals surface area contributed by atoms with Crippen LogP contribution in [0.2, 0.25) is 0 Å². The summed E-state index contributed by atoms with van der Waals surface area (Å²) in [6, 6.07) is 5.70. The highest BCUT2D eigenvalue weighted by molar-refractivity contribution is 5.93. The smallest absolute Gasteiger partial charge is 0.224 e. The molecular formula is C15H19NO3. The van der Waals surface area contributed by atoms with Gasteiger partial charge in [0.1, 0.15) is 11.5 Å². The monoisotopic (exact) mass is 261 g/mol. The van der Waals surface area contributed by atoms with Crippen molar-refractivity contribution < 1.29 is 14.3 Å². The number of ketones is 1. The van der Waals surface area contributed by atoms with E-state index >= 15 is 0 Å². The van der Waals surface area contributed by atoms with Crippen molar-refractivity contribution in [3.63, 3.8) is 0 Å². The van der Waals surface area contributed by atoms with E-state index in [0.29, 0.717) is 25.9 Å². The molecule has 2 rings (SSSR count). The lowest BCUT2D eigenvalue weighted by Crippen LogP contribution is -2.18. The molecule has 4 heteroatoms. The number of nitrogens with one attached hydrogen (secondary N) is 1. The Balaban J connectivity index is 1.85. The van der Waals surface area contributed by atoms with Gasteiger partial charge in [-0.1, -0.05) is 6.92 Å². The van der Waals surface area contributed by atoms with Crippen molar-refractivity contribution in [2.24, 2.45) is 0 Å². The minimum absolute atomic E-state index is 0.0687. The molecule has 1 N–H and O–H groups in total. The summed E-state index contributed by atoms with van der Waals surface area (Å²) in [5.41, 5.74) is 1.99. The molecule has 0 unspecified atom stereocenters. The lowest BCUT2D eigenvalue weighted by atomic mass is 10.0. The zero-order valence-corrected chi connectivity index (χ0v) is 11.2. The van der Waals surface area contributed by atoms with E-state index in [-0.39, 0.29) is 11.7 Å². The molecule has 0 radical (unpaired) electrons.